The van der Waals surface area contributed by atoms with Crippen LogP contribution in [0.5, 0.6) is 0 Å². The van der Waals surface area contributed by atoms with Gasteiger partial charge < -0.3 is 9.64 Å². The molecule has 0 radical (unpaired) electrons. The number of hydrogen-bond acceptors (Lipinski definition) is 6. The Bertz CT molecular complexity index is 696. The summed E-state index contributed by atoms with van der Waals surface area (Å²) < 4.78 is 5.25. The molecule has 1 saturated heterocycles. The second kappa shape index (κ2) is 6.87. The number of nitriles is 1. The molecule has 1 fully saturated rings. The summed E-state index contributed by atoms with van der Waals surface area (Å²) in [5.41, 5.74) is -0.0101. The normalized spacial score (nSPS) is 20.0. The van der Waals surface area contributed by atoms with E-state index < -0.39 is 10.3 Å². The average Bonchev–Trinajstić information content (AvgIpc) is 3.01. The minimum absolute atomic E-state index is 0.0414. The lowest BCUT2D eigenvalue weighted by atomic mass is 9.76. The van der Waals surface area contributed by atoms with Crippen LogP contribution in [-0.4, -0.2) is 30.6 Å². The second-order valence-corrected chi connectivity index (χ2v) is 6.28. The molecule has 1 heterocycles. The van der Waals surface area contributed by atoms with Gasteiger partial charge in [-0.2, -0.15) is 5.26 Å². The van der Waals surface area contributed by atoms with Crippen molar-refractivity contribution in [3.63, 3.8) is 0 Å². The summed E-state index contributed by atoms with van der Waals surface area (Å²) >= 11 is 0. The molecule has 0 spiro atoms. The molecule has 1 aromatic carbocycles. The maximum Gasteiger partial charge on any atom is 0.314 e. The van der Waals surface area contributed by atoms with Crippen molar-refractivity contribution in [2.45, 2.75) is 27.2 Å². The molecule has 1 aliphatic rings. The van der Waals surface area contributed by atoms with Gasteiger partial charge in [0.15, 0.2) is 0 Å². The van der Waals surface area contributed by atoms with E-state index >= 15 is 0 Å². The van der Waals surface area contributed by atoms with E-state index in [1.54, 1.807) is 6.92 Å². The van der Waals surface area contributed by atoms with Gasteiger partial charge in [-0.05, 0) is 31.4 Å². The van der Waals surface area contributed by atoms with Gasteiger partial charge in [-0.3, -0.25) is 14.9 Å². The Morgan fingerprint density at radius 3 is 2.79 bits per heavy atom. The average molecular weight is 331 g/mol. The summed E-state index contributed by atoms with van der Waals surface area (Å²) in [6.45, 7) is 6.84. The van der Waals surface area contributed by atoms with Gasteiger partial charge in [-0.15, -0.1) is 0 Å². The van der Waals surface area contributed by atoms with E-state index in [1.807, 2.05) is 24.8 Å². The number of hydrogen-bond donors (Lipinski definition) is 0. The first kappa shape index (κ1) is 17.7. The number of ether oxygens (including phenoxy) is 1. The van der Waals surface area contributed by atoms with Gasteiger partial charge in [0.2, 0.25) is 0 Å². The first-order chi connectivity index (χ1) is 11.4. The fourth-order valence-electron chi connectivity index (χ4n) is 3.19. The van der Waals surface area contributed by atoms with Crippen molar-refractivity contribution >= 4 is 17.3 Å². The highest BCUT2D eigenvalue weighted by Gasteiger charge is 2.49. The molecule has 2 rings (SSSR count). The molecule has 1 aliphatic heterocycles. The number of carbonyl (C=O) groups excluding carboxylic acids is 1. The van der Waals surface area contributed by atoms with Crippen molar-refractivity contribution in [2.24, 2.45) is 11.3 Å². The van der Waals surface area contributed by atoms with Crippen LogP contribution in [0.25, 0.3) is 0 Å². The Kier molecular flexibility index (Phi) is 5.07. The molecular formula is C17H21N3O4. The quantitative estimate of drug-likeness (QED) is 0.467. The number of rotatable bonds is 5. The molecule has 1 unspecified atom stereocenters. The smallest absolute Gasteiger partial charge is 0.314 e. The summed E-state index contributed by atoms with van der Waals surface area (Å²) in [4.78, 5) is 25.2. The number of carbonyl (C=O) groups is 1. The zero-order valence-electron chi connectivity index (χ0n) is 14.1. The van der Waals surface area contributed by atoms with E-state index in [0.717, 1.165) is 0 Å². The van der Waals surface area contributed by atoms with E-state index in [1.165, 1.54) is 18.2 Å². The topological polar surface area (TPSA) is 96.5 Å². The lowest BCUT2D eigenvalue weighted by Gasteiger charge is -2.31. The lowest BCUT2D eigenvalue weighted by Crippen LogP contribution is -2.40. The molecule has 7 heteroatoms. The van der Waals surface area contributed by atoms with Crippen LogP contribution in [-0.2, 0) is 9.53 Å². The van der Waals surface area contributed by atoms with E-state index in [9.17, 15) is 14.9 Å². The summed E-state index contributed by atoms with van der Waals surface area (Å²) in [7, 11) is 0. The molecule has 0 aromatic heterocycles. The highest BCUT2D eigenvalue weighted by atomic mass is 16.6. The van der Waals surface area contributed by atoms with Crippen molar-refractivity contribution in [2.75, 3.05) is 24.6 Å². The SMILES string of the molecule is CCOC(=O)C1(C(C)C)CCN(c2cc(C#N)ccc2[N+](=O)[O-])C1. The highest BCUT2D eigenvalue weighted by molar-refractivity contribution is 5.80. The van der Waals surface area contributed by atoms with Crippen LogP contribution < -0.4 is 4.90 Å². The van der Waals surface area contributed by atoms with Gasteiger partial charge in [0.25, 0.3) is 5.69 Å². The Balaban J connectivity index is 2.41. The van der Waals surface area contributed by atoms with Crippen molar-refractivity contribution < 1.29 is 14.5 Å². The number of nitro groups is 1. The molecule has 1 atom stereocenters. The monoisotopic (exact) mass is 331 g/mol. The highest BCUT2D eigenvalue weighted by Crippen LogP contribution is 2.43. The van der Waals surface area contributed by atoms with Crippen molar-refractivity contribution in [3.8, 4) is 6.07 Å². The summed E-state index contributed by atoms with van der Waals surface area (Å²) in [6.07, 6.45) is 0.567. The van der Waals surface area contributed by atoms with Crippen LogP contribution in [0.3, 0.4) is 0 Å². The van der Waals surface area contributed by atoms with E-state index in [-0.39, 0.29) is 17.6 Å². The lowest BCUT2D eigenvalue weighted by molar-refractivity contribution is -0.384. The van der Waals surface area contributed by atoms with Crippen LogP contribution >= 0.6 is 0 Å². The zero-order valence-corrected chi connectivity index (χ0v) is 14.1. The number of benzene rings is 1. The van der Waals surface area contributed by atoms with Gasteiger partial charge in [-0.25, -0.2) is 0 Å². The van der Waals surface area contributed by atoms with E-state index in [0.29, 0.717) is 37.4 Å². The van der Waals surface area contributed by atoms with Crippen molar-refractivity contribution in [1.29, 1.82) is 5.26 Å². The molecule has 0 saturated carbocycles. The molecule has 0 amide bonds. The molecule has 128 valence electrons. The first-order valence-corrected chi connectivity index (χ1v) is 7.96. The Morgan fingerprint density at radius 1 is 1.54 bits per heavy atom. The second-order valence-electron chi connectivity index (χ2n) is 6.28. The third kappa shape index (κ3) is 3.04. The minimum atomic E-state index is -0.688. The third-order valence-electron chi connectivity index (χ3n) is 4.73. The van der Waals surface area contributed by atoms with Gasteiger partial charge in [-0.1, -0.05) is 13.8 Å². The number of anilines is 1. The Morgan fingerprint density at radius 2 is 2.25 bits per heavy atom. The maximum atomic E-state index is 12.5. The summed E-state index contributed by atoms with van der Waals surface area (Å²) in [6, 6.07) is 6.29. The van der Waals surface area contributed by atoms with Gasteiger partial charge in [0, 0.05) is 19.2 Å². The van der Waals surface area contributed by atoms with Crippen LogP contribution in [0, 0.1) is 32.8 Å². The van der Waals surface area contributed by atoms with Crippen molar-refractivity contribution in [3.05, 3.63) is 33.9 Å². The molecule has 7 nitrogen and oxygen atoms in total. The molecule has 1 aromatic rings. The van der Waals surface area contributed by atoms with Crippen LogP contribution in [0.1, 0.15) is 32.8 Å². The Hall–Kier alpha value is -2.62. The molecule has 0 bridgehead atoms. The van der Waals surface area contributed by atoms with Crippen LogP contribution in [0.15, 0.2) is 18.2 Å². The third-order valence-corrected chi connectivity index (χ3v) is 4.73. The van der Waals surface area contributed by atoms with E-state index in [2.05, 4.69) is 0 Å². The van der Waals surface area contributed by atoms with Gasteiger partial charge in [0.05, 0.1) is 28.6 Å². The van der Waals surface area contributed by atoms with E-state index in [4.69, 9.17) is 10.00 Å². The molecule has 0 aliphatic carbocycles. The molecular weight excluding hydrogens is 310 g/mol. The van der Waals surface area contributed by atoms with Crippen LogP contribution in [0.2, 0.25) is 0 Å². The number of esters is 1. The Labute approximate surface area is 141 Å². The number of nitro benzene ring substituents is 1. The van der Waals surface area contributed by atoms with Gasteiger partial charge >= 0.3 is 5.97 Å². The standard InChI is InChI=1S/C17H21N3O4/c1-4-24-16(21)17(12(2)3)7-8-19(11-17)15-9-13(10-18)5-6-14(15)20(22)23/h5-6,9,12H,4,7-8,11H2,1-3H3. The fraction of sp³-hybridized carbons (Fsp3) is 0.529. The number of nitrogens with zero attached hydrogens (tertiary/aromatic N) is 3. The molecule has 0 N–H and O–H groups in total. The zero-order chi connectivity index (χ0) is 17.9. The summed E-state index contributed by atoms with van der Waals surface area (Å²) in [5, 5.41) is 20.4. The van der Waals surface area contributed by atoms with Crippen LogP contribution in [0.4, 0.5) is 11.4 Å². The first-order valence-electron chi connectivity index (χ1n) is 7.96. The minimum Gasteiger partial charge on any atom is -0.466 e. The van der Waals surface area contributed by atoms with Gasteiger partial charge in [0.1, 0.15) is 5.69 Å². The van der Waals surface area contributed by atoms with Crippen molar-refractivity contribution in [1.82, 2.24) is 0 Å². The predicted octanol–water partition coefficient (Wildman–Crippen LogP) is 2.88. The largest absolute Gasteiger partial charge is 0.466 e. The fourth-order valence-corrected chi connectivity index (χ4v) is 3.19. The summed E-state index contributed by atoms with van der Waals surface area (Å²) in [5.74, 6) is -0.221. The maximum absolute atomic E-state index is 12.5. The molecule has 24 heavy (non-hydrogen) atoms. The predicted molar refractivity (Wildman–Crippen MR) is 88.5 cm³/mol.